The Morgan fingerprint density at radius 1 is 1.31 bits per heavy atom. The van der Waals surface area contributed by atoms with Crippen molar-refractivity contribution in [3.63, 3.8) is 0 Å². The molecule has 88 valence electrons. The number of carbonyl (C=O) groups excluding carboxylic acids is 1. The molecule has 2 atom stereocenters. The molecule has 0 saturated heterocycles. The number of methoxy groups -OCH3 is 1. The fraction of sp³-hybridized carbons (Fsp3) is 0.300. The Balaban J connectivity index is 3.00. The number of ether oxygens (including phenoxy) is 1. The van der Waals surface area contributed by atoms with Gasteiger partial charge >= 0.3 is 5.97 Å². The molecule has 6 heteroatoms. The molecule has 0 amide bonds. The molecule has 1 rings (SSSR count). The standard InChI is InChI=1S/C10H12O6/c1-16-10(15)9(14)8(13)5-3-2-4-6(11)7(5)12/h2-4,8-9,11-14H,1H3. The number of hydrogen-bond donors (Lipinski definition) is 4. The maximum atomic E-state index is 10.9. The summed E-state index contributed by atoms with van der Waals surface area (Å²) in [5.74, 6) is -2.07. The van der Waals surface area contributed by atoms with Crippen molar-refractivity contribution >= 4 is 5.97 Å². The zero-order chi connectivity index (χ0) is 12.3. The van der Waals surface area contributed by atoms with Gasteiger partial charge in [-0.2, -0.15) is 0 Å². The van der Waals surface area contributed by atoms with E-state index < -0.39 is 29.7 Å². The molecule has 1 aromatic rings. The second kappa shape index (κ2) is 4.82. The number of benzene rings is 1. The predicted octanol–water partition coefficient (Wildman–Crippen LogP) is -0.335. The van der Waals surface area contributed by atoms with Gasteiger partial charge in [-0.15, -0.1) is 0 Å². The molecule has 0 aliphatic rings. The van der Waals surface area contributed by atoms with Crippen molar-refractivity contribution in [3.05, 3.63) is 23.8 Å². The second-order valence-electron chi connectivity index (χ2n) is 3.13. The Morgan fingerprint density at radius 2 is 1.94 bits per heavy atom. The van der Waals surface area contributed by atoms with Gasteiger partial charge in [0.25, 0.3) is 0 Å². The summed E-state index contributed by atoms with van der Waals surface area (Å²) in [6.07, 6.45) is -3.49. The minimum absolute atomic E-state index is 0.155. The third-order valence-corrected chi connectivity index (χ3v) is 2.11. The van der Waals surface area contributed by atoms with Crippen LogP contribution in [0.15, 0.2) is 18.2 Å². The molecule has 6 nitrogen and oxygen atoms in total. The fourth-order valence-electron chi connectivity index (χ4n) is 1.21. The fourth-order valence-corrected chi connectivity index (χ4v) is 1.21. The van der Waals surface area contributed by atoms with Gasteiger partial charge < -0.3 is 25.2 Å². The van der Waals surface area contributed by atoms with Gasteiger partial charge in [-0.05, 0) is 6.07 Å². The van der Waals surface area contributed by atoms with Crippen LogP contribution < -0.4 is 0 Å². The first-order chi connectivity index (χ1) is 7.49. The Bertz CT molecular complexity index is 389. The number of hydrogen-bond acceptors (Lipinski definition) is 6. The summed E-state index contributed by atoms with van der Waals surface area (Å²) >= 11 is 0. The van der Waals surface area contributed by atoms with Crippen LogP contribution in [0.3, 0.4) is 0 Å². The minimum Gasteiger partial charge on any atom is -0.504 e. The van der Waals surface area contributed by atoms with Gasteiger partial charge in [0.05, 0.1) is 7.11 Å². The van der Waals surface area contributed by atoms with E-state index in [1.165, 1.54) is 18.2 Å². The van der Waals surface area contributed by atoms with Crippen LogP contribution in [-0.4, -0.2) is 39.6 Å². The van der Waals surface area contributed by atoms with Crippen molar-refractivity contribution in [1.82, 2.24) is 0 Å². The molecule has 0 aliphatic carbocycles. The molecule has 0 radical (unpaired) electrons. The molecule has 1 aromatic carbocycles. The Morgan fingerprint density at radius 3 is 2.50 bits per heavy atom. The van der Waals surface area contributed by atoms with E-state index in [9.17, 15) is 20.1 Å². The lowest BCUT2D eigenvalue weighted by Crippen LogP contribution is -2.29. The number of para-hydroxylation sites is 1. The number of phenols is 2. The van der Waals surface area contributed by atoms with Crippen LogP contribution >= 0.6 is 0 Å². The summed E-state index contributed by atoms with van der Waals surface area (Å²) in [6, 6.07) is 3.83. The molecule has 4 N–H and O–H groups in total. The molecular weight excluding hydrogens is 216 g/mol. The molecule has 0 bridgehead atoms. The van der Waals surface area contributed by atoms with E-state index in [2.05, 4.69) is 4.74 Å². The molecule has 0 spiro atoms. The van der Waals surface area contributed by atoms with Gasteiger partial charge in [0.1, 0.15) is 6.10 Å². The highest BCUT2D eigenvalue weighted by atomic mass is 16.5. The van der Waals surface area contributed by atoms with Gasteiger partial charge in [-0.1, -0.05) is 12.1 Å². The van der Waals surface area contributed by atoms with Crippen LogP contribution in [0.5, 0.6) is 11.5 Å². The molecule has 0 aromatic heterocycles. The average Bonchev–Trinajstić information content (AvgIpc) is 2.29. The summed E-state index contributed by atoms with van der Waals surface area (Å²) < 4.78 is 4.23. The minimum atomic E-state index is -1.82. The van der Waals surface area contributed by atoms with Gasteiger partial charge in [0.15, 0.2) is 17.6 Å². The molecule has 2 unspecified atom stereocenters. The maximum absolute atomic E-state index is 10.9. The van der Waals surface area contributed by atoms with E-state index >= 15 is 0 Å². The molecule has 16 heavy (non-hydrogen) atoms. The van der Waals surface area contributed by atoms with Crippen LogP contribution in [0.25, 0.3) is 0 Å². The van der Waals surface area contributed by atoms with Gasteiger partial charge in [0.2, 0.25) is 0 Å². The van der Waals surface area contributed by atoms with E-state index in [1.807, 2.05) is 0 Å². The normalized spacial score (nSPS) is 14.2. The third kappa shape index (κ3) is 2.23. The lowest BCUT2D eigenvalue weighted by atomic mass is 10.0. The van der Waals surface area contributed by atoms with E-state index in [4.69, 9.17) is 5.11 Å². The molecule has 0 saturated carbocycles. The largest absolute Gasteiger partial charge is 0.504 e. The summed E-state index contributed by atoms with van der Waals surface area (Å²) in [5, 5.41) is 37.5. The molecule has 0 heterocycles. The summed E-state index contributed by atoms with van der Waals surface area (Å²) in [7, 11) is 1.06. The first-order valence-corrected chi connectivity index (χ1v) is 4.43. The molecular formula is C10H12O6. The number of phenolic OH excluding ortho intramolecular Hbond substituents is 2. The summed E-state index contributed by atoms with van der Waals surface area (Å²) in [4.78, 5) is 10.9. The van der Waals surface area contributed by atoms with Crippen molar-refractivity contribution in [3.8, 4) is 11.5 Å². The Hall–Kier alpha value is -1.79. The number of aliphatic hydroxyl groups is 2. The van der Waals surface area contributed by atoms with Gasteiger partial charge in [-0.25, -0.2) is 4.79 Å². The number of aromatic hydroxyl groups is 2. The predicted molar refractivity (Wildman–Crippen MR) is 52.8 cm³/mol. The number of aliphatic hydroxyl groups excluding tert-OH is 2. The topological polar surface area (TPSA) is 107 Å². The van der Waals surface area contributed by atoms with Gasteiger partial charge in [-0.3, -0.25) is 0 Å². The van der Waals surface area contributed by atoms with Gasteiger partial charge in [0, 0.05) is 5.56 Å². The third-order valence-electron chi connectivity index (χ3n) is 2.11. The van der Waals surface area contributed by atoms with E-state index in [1.54, 1.807) is 0 Å². The van der Waals surface area contributed by atoms with Crippen molar-refractivity contribution in [2.45, 2.75) is 12.2 Å². The van der Waals surface area contributed by atoms with Crippen molar-refractivity contribution in [2.24, 2.45) is 0 Å². The molecule has 0 fully saturated rings. The second-order valence-corrected chi connectivity index (χ2v) is 3.13. The quantitative estimate of drug-likeness (QED) is 0.416. The van der Waals surface area contributed by atoms with Crippen molar-refractivity contribution < 1.29 is 30.0 Å². The number of carbonyl (C=O) groups is 1. The van der Waals surface area contributed by atoms with Crippen molar-refractivity contribution in [1.29, 1.82) is 0 Å². The SMILES string of the molecule is COC(=O)C(O)C(O)c1cccc(O)c1O. The van der Waals surface area contributed by atoms with E-state index in [0.29, 0.717) is 0 Å². The first kappa shape index (κ1) is 12.3. The zero-order valence-corrected chi connectivity index (χ0v) is 8.49. The highest BCUT2D eigenvalue weighted by molar-refractivity contribution is 5.75. The Kier molecular flexibility index (Phi) is 3.70. The summed E-state index contributed by atoms with van der Waals surface area (Å²) in [5.41, 5.74) is -0.155. The monoisotopic (exact) mass is 228 g/mol. The van der Waals surface area contributed by atoms with E-state index in [0.717, 1.165) is 7.11 Å². The summed E-state index contributed by atoms with van der Waals surface area (Å²) in [6.45, 7) is 0. The first-order valence-electron chi connectivity index (χ1n) is 4.43. The van der Waals surface area contributed by atoms with Crippen LogP contribution in [0.4, 0.5) is 0 Å². The zero-order valence-electron chi connectivity index (χ0n) is 8.49. The number of rotatable bonds is 3. The highest BCUT2D eigenvalue weighted by Crippen LogP contribution is 2.33. The van der Waals surface area contributed by atoms with E-state index in [-0.39, 0.29) is 5.56 Å². The van der Waals surface area contributed by atoms with Crippen LogP contribution in [0.1, 0.15) is 11.7 Å². The Labute approximate surface area is 91.3 Å². The lowest BCUT2D eigenvalue weighted by Gasteiger charge is -2.17. The van der Waals surface area contributed by atoms with Crippen LogP contribution in [0.2, 0.25) is 0 Å². The number of esters is 1. The van der Waals surface area contributed by atoms with Crippen LogP contribution in [0, 0.1) is 0 Å². The highest BCUT2D eigenvalue weighted by Gasteiger charge is 2.29. The molecule has 0 aliphatic heterocycles. The average molecular weight is 228 g/mol. The van der Waals surface area contributed by atoms with Crippen LogP contribution in [-0.2, 0) is 9.53 Å². The maximum Gasteiger partial charge on any atom is 0.337 e. The smallest absolute Gasteiger partial charge is 0.337 e. The van der Waals surface area contributed by atoms with Crippen molar-refractivity contribution in [2.75, 3.05) is 7.11 Å². The lowest BCUT2D eigenvalue weighted by molar-refractivity contribution is -0.156.